The van der Waals surface area contributed by atoms with Crippen LogP contribution in [-0.4, -0.2) is 11.2 Å². The van der Waals surface area contributed by atoms with Crippen LogP contribution in [-0.2, 0) is 23.2 Å². The second-order valence-electron chi connectivity index (χ2n) is 5.87. The van der Waals surface area contributed by atoms with Gasteiger partial charge >= 0.3 is 0 Å². The smallest absolute Gasteiger partial charge is 0.235 e. The van der Waals surface area contributed by atoms with Crippen LogP contribution in [0.5, 0.6) is 5.75 Å². The van der Waals surface area contributed by atoms with Crippen LogP contribution in [0.15, 0.2) is 11.1 Å². The zero-order valence-corrected chi connectivity index (χ0v) is 12.2. The molecule has 0 atom stereocenters. The number of benzene rings is 1. The van der Waals surface area contributed by atoms with Gasteiger partial charge in [0.25, 0.3) is 0 Å². The number of aromatic hydroxyl groups is 1. The van der Waals surface area contributed by atoms with Crippen LogP contribution >= 0.6 is 11.6 Å². The number of fused-ring (bicyclic) bond motifs is 1. The van der Waals surface area contributed by atoms with E-state index in [2.05, 4.69) is 4.99 Å². The molecule has 3 rings (SSSR count). The van der Waals surface area contributed by atoms with Crippen molar-refractivity contribution in [1.82, 2.24) is 0 Å². The summed E-state index contributed by atoms with van der Waals surface area (Å²) in [5.74, 6) is 0.117. The zero-order chi connectivity index (χ0) is 14.2. The number of nitrogens with zero attached hydrogens (tertiary/aromatic N) is 1. The van der Waals surface area contributed by atoms with Crippen molar-refractivity contribution in [2.45, 2.75) is 56.9 Å². The summed E-state index contributed by atoms with van der Waals surface area (Å²) in [5, 5.41) is 10.8. The van der Waals surface area contributed by atoms with Crippen LogP contribution in [0.3, 0.4) is 0 Å². The Bertz CT molecular complexity index is 587. The lowest BCUT2D eigenvalue weighted by Gasteiger charge is -2.39. The fourth-order valence-corrected chi connectivity index (χ4v) is 3.78. The molecule has 0 radical (unpaired) electrons. The van der Waals surface area contributed by atoms with Gasteiger partial charge in [-0.1, -0.05) is 18.0 Å². The van der Waals surface area contributed by atoms with Crippen molar-refractivity contribution >= 4 is 17.7 Å². The molecule has 0 amide bonds. The lowest BCUT2D eigenvalue weighted by molar-refractivity contribution is 0.245. The molecule has 0 unspecified atom stereocenters. The normalized spacial score (nSPS) is 20.2. The predicted octanol–water partition coefficient (Wildman–Crippen LogP) is 4.03. The number of rotatable bonds is 2. The summed E-state index contributed by atoms with van der Waals surface area (Å²) >= 11 is 6.20. The van der Waals surface area contributed by atoms with Crippen molar-refractivity contribution in [1.29, 1.82) is 0 Å². The molecule has 2 aliphatic carbocycles. The van der Waals surface area contributed by atoms with Crippen molar-refractivity contribution in [2.24, 2.45) is 4.99 Å². The largest absolute Gasteiger partial charge is 0.506 e. The van der Waals surface area contributed by atoms with Crippen molar-refractivity contribution in [3.63, 3.8) is 0 Å². The summed E-state index contributed by atoms with van der Waals surface area (Å²) in [6, 6.07) is 1.89. The van der Waals surface area contributed by atoms with Gasteiger partial charge in [0.05, 0.1) is 5.02 Å². The zero-order valence-electron chi connectivity index (χ0n) is 11.4. The molecular weight excluding hydrogens is 274 g/mol. The summed E-state index contributed by atoms with van der Waals surface area (Å²) < 4.78 is 0. The Balaban J connectivity index is 2.23. The third-order valence-corrected chi connectivity index (χ3v) is 5.02. The SMILES string of the molecule is O=C=NC1(c2c(O)c(Cl)cc3c2CCCCC3)CCC1. The van der Waals surface area contributed by atoms with Gasteiger partial charge in [0.2, 0.25) is 6.08 Å². The Morgan fingerprint density at radius 3 is 2.60 bits per heavy atom. The fraction of sp³-hybridized carbons (Fsp3) is 0.562. The topological polar surface area (TPSA) is 49.7 Å². The molecule has 1 saturated carbocycles. The van der Waals surface area contributed by atoms with E-state index < -0.39 is 5.54 Å². The van der Waals surface area contributed by atoms with E-state index in [1.807, 2.05) is 6.07 Å². The van der Waals surface area contributed by atoms with Crippen LogP contribution in [0.2, 0.25) is 5.02 Å². The molecule has 1 aromatic rings. The Hall–Kier alpha value is -1.31. The van der Waals surface area contributed by atoms with Gasteiger partial charge < -0.3 is 5.11 Å². The molecule has 0 aromatic heterocycles. The number of phenolic OH excluding ortho intramolecular Hbond substituents is 1. The number of aliphatic imine (C=N–C) groups is 1. The molecule has 0 saturated heterocycles. The molecule has 1 fully saturated rings. The van der Waals surface area contributed by atoms with Gasteiger partial charge in [0.15, 0.2) is 0 Å². The van der Waals surface area contributed by atoms with Crippen LogP contribution in [0.4, 0.5) is 0 Å². The molecule has 2 aliphatic rings. The Kier molecular flexibility index (Phi) is 3.57. The van der Waals surface area contributed by atoms with Gasteiger partial charge in [0.1, 0.15) is 11.3 Å². The summed E-state index contributed by atoms with van der Waals surface area (Å²) in [6.07, 6.45) is 9.69. The summed E-state index contributed by atoms with van der Waals surface area (Å²) in [4.78, 5) is 14.9. The number of hydrogen-bond acceptors (Lipinski definition) is 3. The van der Waals surface area contributed by atoms with E-state index in [9.17, 15) is 9.90 Å². The van der Waals surface area contributed by atoms with E-state index in [0.29, 0.717) is 5.02 Å². The second-order valence-corrected chi connectivity index (χ2v) is 6.28. The van der Waals surface area contributed by atoms with Gasteiger partial charge in [0, 0.05) is 5.56 Å². The maximum atomic E-state index is 10.8. The summed E-state index contributed by atoms with van der Waals surface area (Å²) in [6.45, 7) is 0. The lowest BCUT2D eigenvalue weighted by atomic mass is 9.69. The maximum Gasteiger partial charge on any atom is 0.235 e. The van der Waals surface area contributed by atoms with Crippen molar-refractivity contribution < 1.29 is 9.90 Å². The third-order valence-electron chi connectivity index (χ3n) is 4.73. The summed E-state index contributed by atoms with van der Waals surface area (Å²) in [5.41, 5.74) is 2.61. The van der Waals surface area contributed by atoms with Crippen molar-refractivity contribution in [3.05, 3.63) is 27.8 Å². The lowest BCUT2D eigenvalue weighted by Crippen LogP contribution is -2.33. The van der Waals surface area contributed by atoms with Gasteiger partial charge in [-0.15, -0.1) is 0 Å². The van der Waals surface area contributed by atoms with Crippen LogP contribution in [0.25, 0.3) is 0 Å². The average Bonchev–Trinajstić information content (AvgIpc) is 2.61. The van der Waals surface area contributed by atoms with Gasteiger partial charge in [-0.05, 0) is 62.1 Å². The van der Waals surface area contributed by atoms with E-state index in [0.717, 1.165) is 50.5 Å². The quantitative estimate of drug-likeness (QED) is 0.508. The highest BCUT2D eigenvalue weighted by atomic mass is 35.5. The van der Waals surface area contributed by atoms with Crippen molar-refractivity contribution in [3.8, 4) is 5.75 Å². The van der Waals surface area contributed by atoms with Crippen molar-refractivity contribution in [2.75, 3.05) is 0 Å². The highest BCUT2D eigenvalue weighted by molar-refractivity contribution is 6.32. The second kappa shape index (κ2) is 5.23. The van der Waals surface area contributed by atoms with E-state index in [4.69, 9.17) is 11.6 Å². The first kappa shape index (κ1) is 13.7. The highest BCUT2D eigenvalue weighted by Crippen LogP contribution is 2.52. The third kappa shape index (κ3) is 2.06. The minimum Gasteiger partial charge on any atom is -0.506 e. The van der Waals surface area contributed by atoms with E-state index in [-0.39, 0.29) is 5.75 Å². The molecule has 0 heterocycles. The van der Waals surface area contributed by atoms with Gasteiger partial charge in [-0.3, -0.25) is 0 Å². The molecule has 1 N–H and O–H groups in total. The molecule has 20 heavy (non-hydrogen) atoms. The minimum absolute atomic E-state index is 0.117. The Morgan fingerprint density at radius 1 is 1.20 bits per heavy atom. The molecule has 3 nitrogen and oxygen atoms in total. The number of hydrogen-bond donors (Lipinski definition) is 1. The average molecular weight is 292 g/mol. The molecular formula is C16H18ClNO2. The number of isocyanates is 1. The molecule has 106 valence electrons. The number of phenols is 1. The number of halogens is 1. The number of carbonyl (C=O) groups excluding carboxylic acids is 1. The fourth-order valence-electron chi connectivity index (χ4n) is 3.55. The Labute approximate surface area is 123 Å². The Morgan fingerprint density at radius 2 is 1.95 bits per heavy atom. The monoisotopic (exact) mass is 291 g/mol. The van der Waals surface area contributed by atoms with E-state index in [1.165, 1.54) is 17.5 Å². The molecule has 0 bridgehead atoms. The van der Waals surface area contributed by atoms with E-state index >= 15 is 0 Å². The standard InChI is InChI=1S/C16H18ClNO2/c17-13-9-11-5-2-1-3-6-12(11)14(15(13)20)16(18-10-19)7-4-8-16/h9,20H,1-8H2. The number of aryl methyl sites for hydroxylation is 1. The first-order valence-electron chi connectivity index (χ1n) is 7.31. The van der Waals surface area contributed by atoms with Crippen LogP contribution < -0.4 is 0 Å². The predicted molar refractivity (Wildman–Crippen MR) is 78.0 cm³/mol. The van der Waals surface area contributed by atoms with Crippen LogP contribution in [0.1, 0.15) is 55.2 Å². The van der Waals surface area contributed by atoms with Gasteiger partial charge in [-0.25, -0.2) is 4.79 Å². The maximum absolute atomic E-state index is 10.8. The molecule has 1 aromatic carbocycles. The van der Waals surface area contributed by atoms with E-state index in [1.54, 1.807) is 6.08 Å². The molecule has 4 heteroatoms. The minimum atomic E-state index is -0.578. The first-order chi connectivity index (χ1) is 9.68. The molecule has 0 spiro atoms. The first-order valence-corrected chi connectivity index (χ1v) is 7.68. The van der Waals surface area contributed by atoms with Crippen LogP contribution in [0, 0.1) is 0 Å². The highest BCUT2D eigenvalue weighted by Gasteiger charge is 2.43. The molecule has 0 aliphatic heterocycles. The summed E-state index contributed by atoms with van der Waals surface area (Å²) in [7, 11) is 0. The van der Waals surface area contributed by atoms with Gasteiger partial charge in [-0.2, -0.15) is 4.99 Å².